The quantitative estimate of drug-likeness (QED) is 0.652. The Hall–Kier alpha value is -2.90. The largest absolute Gasteiger partial charge is 0.356 e. The van der Waals surface area contributed by atoms with Crippen LogP contribution in [0.15, 0.2) is 35.7 Å². The number of rotatable bonds is 4. The number of pyridine rings is 1. The molecule has 0 atom stereocenters. The van der Waals surface area contributed by atoms with E-state index in [1.54, 1.807) is 15.8 Å². The number of aliphatic imine (C=N–C) groups is 1. The van der Waals surface area contributed by atoms with Gasteiger partial charge < -0.3 is 15.1 Å². The summed E-state index contributed by atoms with van der Waals surface area (Å²) in [6, 6.07) is 4.01. The predicted molar refractivity (Wildman–Crippen MR) is 101 cm³/mol. The molecule has 1 aliphatic heterocycles. The number of nitrogens with one attached hydrogen (secondary N) is 1. The van der Waals surface area contributed by atoms with Gasteiger partial charge in [0.15, 0.2) is 5.96 Å². The monoisotopic (exact) mass is 355 g/mol. The molecule has 26 heavy (non-hydrogen) atoms. The zero-order valence-corrected chi connectivity index (χ0v) is 15.5. The molecule has 0 spiro atoms. The summed E-state index contributed by atoms with van der Waals surface area (Å²) in [5.41, 5.74) is 2.87. The third-order valence-electron chi connectivity index (χ3n) is 4.24. The van der Waals surface area contributed by atoms with E-state index in [1.807, 2.05) is 50.3 Å². The van der Waals surface area contributed by atoms with Crippen molar-refractivity contribution in [2.45, 2.75) is 20.4 Å². The van der Waals surface area contributed by atoms with Gasteiger partial charge in [0.05, 0.1) is 18.4 Å². The molecule has 0 unspecified atom stereocenters. The Morgan fingerprint density at radius 2 is 2.15 bits per heavy atom. The van der Waals surface area contributed by atoms with Gasteiger partial charge in [-0.3, -0.25) is 14.5 Å². The lowest BCUT2D eigenvalue weighted by Crippen LogP contribution is -2.55. The fourth-order valence-corrected chi connectivity index (χ4v) is 2.86. The molecule has 138 valence electrons. The van der Waals surface area contributed by atoms with E-state index < -0.39 is 0 Å². The molecule has 1 saturated heterocycles. The molecule has 8 heteroatoms. The van der Waals surface area contributed by atoms with Crippen LogP contribution in [0.1, 0.15) is 18.2 Å². The number of carbonyl (C=O) groups excluding carboxylic acids is 1. The summed E-state index contributed by atoms with van der Waals surface area (Å²) in [5, 5.41) is 7.43. The van der Waals surface area contributed by atoms with Crippen molar-refractivity contribution in [3.8, 4) is 0 Å². The number of guanidine groups is 1. The summed E-state index contributed by atoms with van der Waals surface area (Å²) in [7, 11) is 1.85. The first kappa shape index (κ1) is 17.9. The van der Waals surface area contributed by atoms with E-state index in [0.717, 1.165) is 36.0 Å². The molecule has 3 heterocycles. The van der Waals surface area contributed by atoms with Crippen LogP contribution in [0.2, 0.25) is 0 Å². The highest BCUT2D eigenvalue weighted by atomic mass is 16.2. The second-order valence-electron chi connectivity index (χ2n) is 6.32. The number of anilines is 1. The minimum Gasteiger partial charge on any atom is -0.356 e. The van der Waals surface area contributed by atoms with E-state index in [-0.39, 0.29) is 5.91 Å². The van der Waals surface area contributed by atoms with Crippen LogP contribution in [-0.4, -0.2) is 57.7 Å². The number of aromatic nitrogens is 3. The highest BCUT2D eigenvalue weighted by molar-refractivity contribution is 5.98. The van der Waals surface area contributed by atoms with Crippen LogP contribution in [-0.2, 0) is 18.4 Å². The van der Waals surface area contributed by atoms with Gasteiger partial charge in [-0.05, 0) is 25.5 Å². The number of aryl methyl sites for hydroxylation is 2. The van der Waals surface area contributed by atoms with Crippen LogP contribution in [0.4, 0.5) is 5.69 Å². The second-order valence-corrected chi connectivity index (χ2v) is 6.32. The maximum Gasteiger partial charge on any atom is 0.246 e. The number of piperazine rings is 1. The van der Waals surface area contributed by atoms with Crippen LogP contribution < -0.4 is 10.2 Å². The topological polar surface area (TPSA) is 78.7 Å². The van der Waals surface area contributed by atoms with Crippen LogP contribution in [0.5, 0.6) is 0 Å². The molecular formula is C18H25N7O. The molecule has 0 aliphatic carbocycles. The molecule has 1 fully saturated rings. The van der Waals surface area contributed by atoms with Gasteiger partial charge in [-0.25, -0.2) is 4.99 Å². The zero-order chi connectivity index (χ0) is 18.5. The number of nitrogens with zero attached hydrogens (tertiary/aromatic N) is 6. The van der Waals surface area contributed by atoms with Crippen molar-refractivity contribution in [2.24, 2.45) is 12.0 Å². The Balaban J connectivity index is 1.68. The van der Waals surface area contributed by atoms with Gasteiger partial charge in [0, 0.05) is 44.8 Å². The van der Waals surface area contributed by atoms with Gasteiger partial charge in [0.25, 0.3) is 0 Å². The molecule has 1 N–H and O–H groups in total. The summed E-state index contributed by atoms with van der Waals surface area (Å²) in [5.74, 6) is 0.805. The summed E-state index contributed by atoms with van der Waals surface area (Å²) >= 11 is 0. The minimum atomic E-state index is 0.0480. The van der Waals surface area contributed by atoms with Crippen molar-refractivity contribution < 1.29 is 4.79 Å². The van der Waals surface area contributed by atoms with Gasteiger partial charge in [-0.2, -0.15) is 5.10 Å². The standard InChI is InChI=1S/C18H25N7O/c1-4-19-18(21-10-15-6-5-14(2)20-9-15)24-7-8-25(17(26)13-24)16-11-22-23(3)12-16/h5-6,9,11-12H,4,7-8,10,13H2,1-3H3,(H,19,21). The van der Waals surface area contributed by atoms with Crippen LogP contribution in [0, 0.1) is 6.92 Å². The molecule has 0 aromatic carbocycles. The normalized spacial score (nSPS) is 15.5. The summed E-state index contributed by atoms with van der Waals surface area (Å²) in [4.78, 5) is 25.3. The molecule has 1 aliphatic rings. The zero-order valence-electron chi connectivity index (χ0n) is 15.5. The molecule has 3 rings (SSSR count). The Bertz CT molecular complexity index is 781. The lowest BCUT2D eigenvalue weighted by atomic mass is 10.2. The predicted octanol–water partition coefficient (Wildman–Crippen LogP) is 0.938. The van der Waals surface area contributed by atoms with E-state index in [9.17, 15) is 4.79 Å². The van der Waals surface area contributed by atoms with Crippen LogP contribution in [0.3, 0.4) is 0 Å². The maximum absolute atomic E-state index is 12.6. The maximum atomic E-state index is 12.6. The smallest absolute Gasteiger partial charge is 0.246 e. The molecule has 1 amide bonds. The highest BCUT2D eigenvalue weighted by Crippen LogP contribution is 2.16. The van der Waals surface area contributed by atoms with Gasteiger partial charge >= 0.3 is 0 Å². The Labute approximate surface area is 153 Å². The summed E-state index contributed by atoms with van der Waals surface area (Å²) in [6.07, 6.45) is 5.42. The molecule has 0 saturated carbocycles. The number of hydrogen-bond donors (Lipinski definition) is 1. The average molecular weight is 355 g/mol. The Morgan fingerprint density at radius 3 is 2.77 bits per heavy atom. The third-order valence-corrected chi connectivity index (χ3v) is 4.24. The van der Waals surface area contributed by atoms with Crippen LogP contribution in [0.25, 0.3) is 0 Å². The molecule has 2 aromatic heterocycles. The fourth-order valence-electron chi connectivity index (χ4n) is 2.86. The van der Waals surface area contributed by atoms with Crippen molar-refractivity contribution in [1.82, 2.24) is 25.0 Å². The minimum absolute atomic E-state index is 0.0480. The van der Waals surface area contributed by atoms with Gasteiger partial charge in [0.1, 0.15) is 6.54 Å². The lowest BCUT2D eigenvalue weighted by Gasteiger charge is -2.35. The van der Waals surface area contributed by atoms with Gasteiger partial charge in [0.2, 0.25) is 5.91 Å². The molecule has 0 bridgehead atoms. The van der Waals surface area contributed by atoms with Crippen molar-refractivity contribution in [3.05, 3.63) is 42.0 Å². The van der Waals surface area contributed by atoms with E-state index >= 15 is 0 Å². The van der Waals surface area contributed by atoms with E-state index in [1.165, 1.54) is 0 Å². The lowest BCUT2D eigenvalue weighted by molar-refractivity contribution is -0.120. The van der Waals surface area contributed by atoms with E-state index in [4.69, 9.17) is 0 Å². The average Bonchev–Trinajstić information content (AvgIpc) is 3.06. The van der Waals surface area contributed by atoms with Crippen LogP contribution >= 0.6 is 0 Å². The highest BCUT2D eigenvalue weighted by Gasteiger charge is 2.27. The molecule has 2 aromatic rings. The molecular weight excluding hydrogens is 330 g/mol. The van der Waals surface area contributed by atoms with Crippen molar-refractivity contribution in [3.63, 3.8) is 0 Å². The van der Waals surface area contributed by atoms with Crippen molar-refractivity contribution in [1.29, 1.82) is 0 Å². The second kappa shape index (κ2) is 7.99. The summed E-state index contributed by atoms with van der Waals surface area (Å²) in [6.45, 7) is 6.91. The van der Waals surface area contributed by atoms with E-state index in [2.05, 4.69) is 20.4 Å². The summed E-state index contributed by atoms with van der Waals surface area (Å²) < 4.78 is 1.70. The third kappa shape index (κ3) is 4.19. The molecule has 8 nitrogen and oxygen atoms in total. The number of hydrogen-bond acceptors (Lipinski definition) is 4. The Kier molecular flexibility index (Phi) is 5.50. The fraction of sp³-hybridized carbons (Fsp3) is 0.444. The first-order chi connectivity index (χ1) is 12.6. The van der Waals surface area contributed by atoms with Gasteiger partial charge in [-0.1, -0.05) is 6.07 Å². The first-order valence-corrected chi connectivity index (χ1v) is 8.80. The number of carbonyl (C=O) groups is 1. The van der Waals surface area contributed by atoms with E-state index in [0.29, 0.717) is 19.6 Å². The SMILES string of the molecule is CCNC(=NCc1ccc(C)nc1)N1CCN(c2cnn(C)c2)C(=O)C1. The van der Waals surface area contributed by atoms with Crippen molar-refractivity contribution in [2.75, 3.05) is 31.1 Å². The number of amides is 1. The first-order valence-electron chi connectivity index (χ1n) is 8.80. The Morgan fingerprint density at radius 1 is 1.31 bits per heavy atom. The molecule has 0 radical (unpaired) electrons. The van der Waals surface area contributed by atoms with Crippen molar-refractivity contribution >= 4 is 17.6 Å². The van der Waals surface area contributed by atoms with Gasteiger partial charge in [-0.15, -0.1) is 0 Å².